The van der Waals surface area contributed by atoms with Crippen molar-refractivity contribution in [2.75, 3.05) is 0 Å². The van der Waals surface area contributed by atoms with Crippen LogP contribution < -0.4 is 16.2 Å². The van der Waals surface area contributed by atoms with Crippen LogP contribution in [0.15, 0.2) is 48.5 Å². The van der Waals surface area contributed by atoms with Crippen molar-refractivity contribution in [3.05, 3.63) is 65.2 Å². The monoisotopic (exact) mass is 255 g/mol. The second kappa shape index (κ2) is 6.02. The number of hydrogen-bond acceptors (Lipinski definition) is 3. The molecule has 0 amide bonds. The van der Waals surface area contributed by atoms with Gasteiger partial charge in [-0.25, -0.2) is 0 Å². The predicted octanol–water partition coefficient (Wildman–Crippen LogP) is 2.01. The molecule has 0 aromatic heterocycles. The van der Waals surface area contributed by atoms with Crippen LogP contribution in [-0.4, -0.2) is 5.84 Å². The molecule has 0 aliphatic rings. The number of nitrogens with one attached hydrogen (secondary N) is 1. The highest BCUT2D eigenvalue weighted by atomic mass is 16.5. The number of rotatable bonds is 5. The van der Waals surface area contributed by atoms with Gasteiger partial charge in [0.2, 0.25) is 0 Å². The summed E-state index contributed by atoms with van der Waals surface area (Å²) in [4.78, 5) is 0. The van der Waals surface area contributed by atoms with Crippen molar-refractivity contribution < 1.29 is 4.74 Å². The van der Waals surface area contributed by atoms with Gasteiger partial charge in [-0.15, -0.1) is 0 Å². The molecular formula is C15H17N3O. The van der Waals surface area contributed by atoms with Gasteiger partial charge in [-0.2, -0.15) is 0 Å². The lowest BCUT2D eigenvalue weighted by Gasteiger charge is -2.07. The van der Waals surface area contributed by atoms with E-state index >= 15 is 0 Å². The second-order valence-electron chi connectivity index (χ2n) is 4.25. The Morgan fingerprint density at radius 2 is 1.53 bits per heavy atom. The molecule has 0 bridgehead atoms. The van der Waals surface area contributed by atoms with Gasteiger partial charge in [0.15, 0.2) is 0 Å². The lowest BCUT2D eigenvalue weighted by Crippen LogP contribution is -2.10. The molecular weight excluding hydrogens is 238 g/mol. The van der Waals surface area contributed by atoms with Crippen LogP contribution in [0.4, 0.5) is 0 Å². The van der Waals surface area contributed by atoms with Crippen LogP contribution in [0.3, 0.4) is 0 Å². The third-order valence-electron chi connectivity index (χ3n) is 2.83. The maximum absolute atomic E-state index is 7.31. The number of benzene rings is 2. The van der Waals surface area contributed by atoms with Crippen molar-refractivity contribution in [1.82, 2.24) is 0 Å². The van der Waals surface area contributed by atoms with Gasteiger partial charge in [-0.3, -0.25) is 5.41 Å². The van der Waals surface area contributed by atoms with Crippen LogP contribution in [0.5, 0.6) is 5.75 Å². The molecule has 0 aliphatic heterocycles. The molecule has 0 fully saturated rings. The number of ether oxygens (including phenoxy) is 1. The first kappa shape index (κ1) is 13.1. The molecule has 4 heteroatoms. The highest BCUT2D eigenvalue weighted by Gasteiger charge is 1.99. The largest absolute Gasteiger partial charge is 0.489 e. The van der Waals surface area contributed by atoms with Crippen LogP contribution in [0.2, 0.25) is 0 Å². The third kappa shape index (κ3) is 3.56. The summed E-state index contributed by atoms with van der Waals surface area (Å²) in [5, 5.41) is 7.31. The number of nitrogen functional groups attached to an aromatic ring is 1. The minimum absolute atomic E-state index is 0.0592. The number of nitrogens with two attached hydrogens (primary N) is 2. The zero-order chi connectivity index (χ0) is 13.7. The van der Waals surface area contributed by atoms with E-state index in [9.17, 15) is 0 Å². The summed E-state index contributed by atoms with van der Waals surface area (Å²) in [6.45, 7) is 1.05. The Bertz CT molecular complexity index is 547. The summed E-state index contributed by atoms with van der Waals surface area (Å²) >= 11 is 0. The molecule has 2 aromatic rings. The van der Waals surface area contributed by atoms with Crippen molar-refractivity contribution in [2.24, 2.45) is 11.5 Å². The molecule has 0 saturated heterocycles. The van der Waals surface area contributed by atoms with Gasteiger partial charge in [0.25, 0.3) is 0 Å². The van der Waals surface area contributed by atoms with Crippen LogP contribution in [-0.2, 0) is 13.2 Å². The maximum Gasteiger partial charge on any atom is 0.122 e. The molecule has 19 heavy (non-hydrogen) atoms. The average Bonchev–Trinajstić information content (AvgIpc) is 2.46. The molecule has 5 N–H and O–H groups in total. The summed E-state index contributed by atoms with van der Waals surface area (Å²) in [5.41, 5.74) is 13.8. The summed E-state index contributed by atoms with van der Waals surface area (Å²) < 4.78 is 5.66. The Balaban J connectivity index is 1.95. The van der Waals surface area contributed by atoms with E-state index in [-0.39, 0.29) is 5.84 Å². The maximum atomic E-state index is 7.31. The first-order valence-electron chi connectivity index (χ1n) is 6.04. The fourth-order valence-corrected chi connectivity index (χ4v) is 1.67. The lowest BCUT2D eigenvalue weighted by molar-refractivity contribution is 0.306. The summed E-state index contributed by atoms with van der Waals surface area (Å²) in [6, 6.07) is 15.2. The Hall–Kier alpha value is -2.33. The van der Waals surface area contributed by atoms with Crippen LogP contribution in [0.1, 0.15) is 16.7 Å². The standard InChI is InChI=1S/C15H17N3O/c16-9-11-1-3-12(4-2-11)10-19-14-7-5-13(6-8-14)15(17)18/h1-8H,9-10,16H2,(H3,17,18). The van der Waals surface area contributed by atoms with E-state index < -0.39 is 0 Å². The van der Waals surface area contributed by atoms with Gasteiger partial charge in [-0.1, -0.05) is 24.3 Å². The molecule has 0 saturated carbocycles. The van der Waals surface area contributed by atoms with E-state index in [0.29, 0.717) is 18.7 Å². The molecule has 0 atom stereocenters. The number of hydrogen-bond donors (Lipinski definition) is 3. The second-order valence-corrected chi connectivity index (χ2v) is 4.25. The Labute approximate surface area is 112 Å². The molecule has 4 nitrogen and oxygen atoms in total. The van der Waals surface area contributed by atoms with Gasteiger partial charge in [0, 0.05) is 12.1 Å². The van der Waals surface area contributed by atoms with Gasteiger partial charge >= 0.3 is 0 Å². The molecule has 0 spiro atoms. The minimum Gasteiger partial charge on any atom is -0.489 e. The first-order chi connectivity index (χ1) is 9.19. The van der Waals surface area contributed by atoms with E-state index in [2.05, 4.69) is 0 Å². The normalized spacial score (nSPS) is 10.2. The molecule has 0 heterocycles. The fraction of sp³-hybridized carbons (Fsp3) is 0.133. The van der Waals surface area contributed by atoms with Gasteiger partial charge in [0.1, 0.15) is 18.2 Å². The van der Waals surface area contributed by atoms with Gasteiger partial charge in [0.05, 0.1) is 0 Å². The zero-order valence-corrected chi connectivity index (χ0v) is 10.6. The van der Waals surface area contributed by atoms with Crippen molar-refractivity contribution in [2.45, 2.75) is 13.2 Å². The highest BCUT2D eigenvalue weighted by Crippen LogP contribution is 2.14. The topological polar surface area (TPSA) is 85.1 Å². The van der Waals surface area contributed by atoms with Gasteiger partial charge < -0.3 is 16.2 Å². The molecule has 98 valence electrons. The van der Waals surface area contributed by atoms with Crippen molar-refractivity contribution in [3.63, 3.8) is 0 Å². The molecule has 2 rings (SSSR count). The Morgan fingerprint density at radius 1 is 0.947 bits per heavy atom. The summed E-state index contributed by atoms with van der Waals surface area (Å²) in [7, 11) is 0. The summed E-state index contributed by atoms with van der Waals surface area (Å²) in [6.07, 6.45) is 0. The van der Waals surface area contributed by atoms with E-state index in [1.807, 2.05) is 36.4 Å². The Morgan fingerprint density at radius 3 is 2.05 bits per heavy atom. The van der Waals surface area contributed by atoms with Crippen LogP contribution in [0, 0.1) is 5.41 Å². The van der Waals surface area contributed by atoms with E-state index in [1.54, 1.807) is 12.1 Å². The van der Waals surface area contributed by atoms with Gasteiger partial charge in [-0.05, 0) is 35.4 Å². The quantitative estimate of drug-likeness (QED) is 0.564. The van der Waals surface area contributed by atoms with Crippen LogP contribution in [0.25, 0.3) is 0 Å². The predicted molar refractivity (Wildman–Crippen MR) is 76.1 cm³/mol. The smallest absolute Gasteiger partial charge is 0.122 e. The SMILES string of the molecule is N=C(N)c1ccc(OCc2ccc(CN)cc2)cc1. The molecule has 0 radical (unpaired) electrons. The van der Waals surface area contributed by atoms with E-state index in [0.717, 1.165) is 16.9 Å². The zero-order valence-electron chi connectivity index (χ0n) is 10.6. The first-order valence-corrected chi connectivity index (χ1v) is 6.04. The molecule has 2 aromatic carbocycles. The van der Waals surface area contributed by atoms with E-state index in [1.165, 1.54) is 0 Å². The lowest BCUT2D eigenvalue weighted by atomic mass is 10.1. The van der Waals surface area contributed by atoms with Crippen molar-refractivity contribution in [1.29, 1.82) is 5.41 Å². The highest BCUT2D eigenvalue weighted by molar-refractivity contribution is 5.94. The average molecular weight is 255 g/mol. The molecule has 0 aliphatic carbocycles. The van der Waals surface area contributed by atoms with E-state index in [4.69, 9.17) is 21.6 Å². The third-order valence-corrected chi connectivity index (χ3v) is 2.83. The molecule has 0 unspecified atom stereocenters. The van der Waals surface area contributed by atoms with Crippen LogP contribution >= 0.6 is 0 Å². The van der Waals surface area contributed by atoms with Crippen molar-refractivity contribution in [3.8, 4) is 5.75 Å². The van der Waals surface area contributed by atoms with Crippen molar-refractivity contribution >= 4 is 5.84 Å². The Kier molecular flexibility index (Phi) is 4.15. The fourth-order valence-electron chi connectivity index (χ4n) is 1.67. The number of amidine groups is 1. The summed E-state index contributed by atoms with van der Waals surface area (Å²) in [5.74, 6) is 0.817. The minimum atomic E-state index is 0.0592.